The second kappa shape index (κ2) is 9.68. The Balaban J connectivity index is 1.86. The summed E-state index contributed by atoms with van der Waals surface area (Å²) in [5.74, 6) is 0.221. The first-order chi connectivity index (χ1) is 12.5. The molecule has 0 atom stereocenters. The molecule has 2 aromatic rings. The Labute approximate surface area is 158 Å². The fraction of sp³-hybridized carbons (Fsp3) is 0.200. The molecule has 0 spiro atoms. The number of rotatable bonds is 7. The normalized spacial score (nSPS) is 10.6. The van der Waals surface area contributed by atoms with E-state index in [4.69, 9.17) is 4.74 Å². The van der Waals surface area contributed by atoms with E-state index in [1.807, 2.05) is 30.5 Å². The highest BCUT2D eigenvalue weighted by molar-refractivity contribution is 7.98. The molecule has 2 rings (SSSR count). The Morgan fingerprint density at radius 3 is 2.35 bits per heavy atom. The van der Waals surface area contributed by atoms with Crippen molar-refractivity contribution in [2.75, 3.05) is 32.3 Å². The van der Waals surface area contributed by atoms with E-state index in [0.717, 1.165) is 5.56 Å². The predicted octanol–water partition coefficient (Wildman–Crippen LogP) is 3.53. The topological polar surface area (TPSA) is 58.6 Å². The molecule has 0 bridgehead atoms. The number of amides is 2. The average Bonchev–Trinajstić information content (AvgIpc) is 2.66. The van der Waals surface area contributed by atoms with Gasteiger partial charge in [0.05, 0.1) is 13.7 Å². The Kier molecular flexibility index (Phi) is 7.29. The molecule has 0 aliphatic heterocycles. The highest BCUT2D eigenvalue weighted by Crippen LogP contribution is 2.16. The zero-order valence-corrected chi connectivity index (χ0v) is 15.9. The molecule has 6 heteroatoms. The third kappa shape index (κ3) is 5.97. The van der Waals surface area contributed by atoms with E-state index in [-0.39, 0.29) is 18.4 Å². The molecule has 0 radical (unpaired) electrons. The number of methoxy groups -OCH3 is 1. The SMILES string of the molecule is COc1ccc(NC(=O)CN(C)C(=O)/C=C/c2ccc(SC)cc2)cc1. The maximum absolute atomic E-state index is 12.1. The van der Waals surface area contributed by atoms with Crippen LogP contribution in [0.5, 0.6) is 5.75 Å². The summed E-state index contributed by atoms with van der Waals surface area (Å²) >= 11 is 1.67. The maximum atomic E-state index is 12.1. The van der Waals surface area contributed by atoms with Crippen LogP contribution in [0.4, 0.5) is 5.69 Å². The summed E-state index contributed by atoms with van der Waals surface area (Å²) in [7, 11) is 3.18. The molecule has 0 aliphatic rings. The van der Waals surface area contributed by atoms with Crippen LogP contribution >= 0.6 is 11.8 Å². The molecule has 2 aromatic carbocycles. The number of nitrogens with zero attached hydrogens (tertiary/aromatic N) is 1. The summed E-state index contributed by atoms with van der Waals surface area (Å²) in [5, 5.41) is 2.75. The standard InChI is InChI=1S/C20H22N2O3S/c1-22(14-19(23)21-16-7-9-17(25-2)10-8-16)20(24)13-6-15-4-11-18(26-3)12-5-15/h4-13H,14H2,1-3H3,(H,21,23)/b13-6+. The van der Waals surface area contributed by atoms with Crippen molar-refractivity contribution in [3.05, 3.63) is 60.2 Å². The lowest BCUT2D eigenvalue weighted by atomic mass is 10.2. The van der Waals surface area contributed by atoms with Crippen LogP contribution in [0.1, 0.15) is 5.56 Å². The summed E-state index contributed by atoms with van der Waals surface area (Å²) in [4.78, 5) is 26.7. The fourth-order valence-corrected chi connectivity index (χ4v) is 2.59. The molecule has 5 nitrogen and oxygen atoms in total. The third-order valence-electron chi connectivity index (χ3n) is 3.66. The first-order valence-corrected chi connectivity index (χ1v) is 9.25. The number of carbonyl (C=O) groups is 2. The number of hydrogen-bond acceptors (Lipinski definition) is 4. The van der Waals surface area contributed by atoms with Gasteiger partial charge in [0.1, 0.15) is 5.75 Å². The van der Waals surface area contributed by atoms with Gasteiger partial charge >= 0.3 is 0 Å². The summed E-state index contributed by atoms with van der Waals surface area (Å²) in [6.07, 6.45) is 5.22. The van der Waals surface area contributed by atoms with Gasteiger partial charge in [0.25, 0.3) is 0 Å². The van der Waals surface area contributed by atoms with Gasteiger partial charge < -0.3 is 15.0 Å². The monoisotopic (exact) mass is 370 g/mol. The lowest BCUT2D eigenvalue weighted by molar-refractivity contribution is -0.129. The average molecular weight is 370 g/mol. The summed E-state index contributed by atoms with van der Waals surface area (Å²) in [6.45, 7) is -0.0272. The predicted molar refractivity (Wildman–Crippen MR) is 107 cm³/mol. The summed E-state index contributed by atoms with van der Waals surface area (Å²) < 4.78 is 5.07. The van der Waals surface area contributed by atoms with E-state index in [2.05, 4.69) is 5.32 Å². The van der Waals surface area contributed by atoms with Crippen molar-refractivity contribution in [3.8, 4) is 5.75 Å². The largest absolute Gasteiger partial charge is 0.497 e. The van der Waals surface area contributed by atoms with Crippen LogP contribution in [-0.4, -0.2) is 43.7 Å². The van der Waals surface area contributed by atoms with Crippen molar-refractivity contribution in [1.29, 1.82) is 0 Å². The minimum absolute atomic E-state index is 0.0272. The molecule has 0 unspecified atom stereocenters. The molecule has 0 saturated heterocycles. The number of likely N-dealkylation sites (N-methyl/N-ethyl adjacent to an activating group) is 1. The molecule has 136 valence electrons. The zero-order valence-electron chi connectivity index (χ0n) is 15.1. The van der Waals surface area contributed by atoms with E-state index in [9.17, 15) is 9.59 Å². The van der Waals surface area contributed by atoms with E-state index in [1.165, 1.54) is 15.9 Å². The molecular weight excluding hydrogens is 348 g/mol. The Hall–Kier alpha value is -2.73. The number of anilines is 1. The van der Waals surface area contributed by atoms with Gasteiger partial charge in [0.15, 0.2) is 0 Å². The van der Waals surface area contributed by atoms with Crippen LogP contribution in [0.2, 0.25) is 0 Å². The van der Waals surface area contributed by atoms with Crippen molar-refractivity contribution in [2.24, 2.45) is 0 Å². The van der Waals surface area contributed by atoms with E-state index >= 15 is 0 Å². The van der Waals surface area contributed by atoms with E-state index < -0.39 is 0 Å². The molecule has 0 heterocycles. The van der Waals surface area contributed by atoms with Crippen molar-refractivity contribution in [3.63, 3.8) is 0 Å². The van der Waals surface area contributed by atoms with Gasteiger partial charge in [-0.15, -0.1) is 11.8 Å². The van der Waals surface area contributed by atoms with Crippen molar-refractivity contribution >= 4 is 35.3 Å². The highest BCUT2D eigenvalue weighted by atomic mass is 32.2. The quantitative estimate of drug-likeness (QED) is 0.598. The Morgan fingerprint density at radius 1 is 1.12 bits per heavy atom. The fourth-order valence-electron chi connectivity index (χ4n) is 2.18. The smallest absolute Gasteiger partial charge is 0.246 e. The van der Waals surface area contributed by atoms with Gasteiger partial charge in [-0.3, -0.25) is 9.59 Å². The first-order valence-electron chi connectivity index (χ1n) is 8.03. The van der Waals surface area contributed by atoms with Gasteiger partial charge in [0, 0.05) is 23.7 Å². The maximum Gasteiger partial charge on any atom is 0.246 e. The van der Waals surface area contributed by atoms with Crippen LogP contribution in [0, 0.1) is 0 Å². The lowest BCUT2D eigenvalue weighted by Crippen LogP contribution is -2.33. The van der Waals surface area contributed by atoms with Crippen LogP contribution in [0.15, 0.2) is 59.5 Å². The zero-order chi connectivity index (χ0) is 18.9. The van der Waals surface area contributed by atoms with Gasteiger partial charge in [-0.1, -0.05) is 12.1 Å². The van der Waals surface area contributed by atoms with Crippen LogP contribution < -0.4 is 10.1 Å². The molecule has 0 aromatic heterocycles. The van der Waals surface area contributed by atoms with Gasteiger partial charge in [-0.05, 0) is 54.3 Å². The minimum Gasteiger partial charge on any atom is -0.497 e. The van der Waals surface area contributed by atoms with Crippen molar-refractivity contribution in [1.82, 2.24) is 4.90 Å². The molecule has 26 heavy (non-hydrogen) atoms. The van der Waals surface area contributed by atoms with Crippen molar-refractivity contribution < 1.29 is 14.3 Å². The number of carbonyl (C=O) groups excluding carboxylic acids is 2. The third-order valence-corrected chi connectivity index (χ3v) is 4.41. The van der Waals surface area contributed by atoms with Crippen LogP contribution in [0.25, 0.3) is 6.08 Å². The van der Waals surface area contributed by atoms with E-state index in [1.54, 1.807) is 56.3 Å². The van der Waals surface area contributed by atoms with Crippen molar-refractivity contribution in [2.45, 2.75) is 4.90 Å². The second-order valence-electron chi connectivity index (χ2n) is 5.58. The molecular formula is C20H22N2O3S. The van der Waals surface area contributed by atoms with Crippen LogP contribution in [-0.2, 0) is 9.59 Å². The second-order valence-corrected chi connectivity index (χ2v) is 6.46. The summed E-state index contributed by atoms with van der Waals surface area (Å²) in [5.41, 5.74) is 1.59. The lowest BCUT2D eigenvalue weighted by Gasteiger charge is -2.15. The number of thioether (sulfide) groups is 1. The van der Waals surface area contributed by atoms with Gasteiger partial charge in [0.2, 0.25) is 11.8 Å². The van der Waals surface area contributed by atoms with Crippen LogP contribution in [0.3, 0.4) is 0 Å². The molecule has 2 amide bonds. The minimum atomic E-state index is -0.260. The van der Waals surface area contributed by atoms with Gasteiger partial charge in [-0.2, -0.15) is 0 Å². The Morgan fingerprint density at radius 2 is 1.77 bits per heavy atom. The summed E-state index contributed by atoms with van der Waals surface area (Å²) in [6, 6.07) is 14.9. The molecule has 1 N–H and O–H groups in total. The van der Waals surface area contributed by atoms with E-state index in [0.29, 0.717) is 11.4 Å². The Bertz CT molecular complexity index is 771. The molecule has 0 saturated carbocycles. The number of ether oxygens (including phenoxy) is 1. The molecule has 0 aliphatic carbocycles. The molecule has 0 fully saturated rings. The van der Waals surface area contributed by atoms with Gasteiger partial charge in [-0.25, -0.2) is 0 Å². The first kappa shape index (κ1) is 19.6. The number of nitrogens with one attached hydrogen (secondary N) is 1. The number of benzene rings is 2. The highest BCUT2D eigenvalue weighted by Gasteiger charge is 2.10. The number of hydrogen-bond donors (Lipinski definition) is 1.